The van der Waals surface area contributed by atoms with Crippen LogP contribution in [0.15, 0.2) is 36.7 Å². The van der Waals surface area contributed by atoms with Crippen molar-refractivity contribution in [2.24, 2.45) is 0 Å². The summed E-state index contributed by atoms with van der Waals surface area (Å²) in [7, 11) is 0. The Morgan fingerprint density at radius 2 is 1.80 bits per heavy atom. The van der Waals surface area contributed by atoms with Gasteiger partial charge in [-0.25, -0.2) is 0 Å². The molecule has 2 aromatic rings. The van der Waals surface area contributed by atoms with E-state index in [0.717, 1.165) is 23.4 Å². The van der Waals surface area contributed by atoms with E-state index in [1.807, 2.05) is 30.5 Å². The highest BCUT2D eigenvalue weighted by Gasteiger charge is 2.01. The van der Waals surface area contributed by atoms with E-state index >= 15 is 0 Å². The van der Waals surface area contributed by atoms with E-state index in [2.05, 4.69) is 4.98 Å². The molecule has 0 amide bonds. The smallest absolute Gasteiger partial charge is 0.136 e. The van der Waals surface area contributed by atoms with Crippen molar-refractivity contribution in [2.45, 2.75) is 12.8 Å². The van der Waals surface area contributed by atoms with E-state index in [1.165, 1.54) is 5.56 Å². The maximum atomic E-state index is 9.42. The van der Waals surface area contributed by atoms with E-state index in [4.69, 9.17) is 11.6 Å². The summed E-state index contributed by atoms with van der Waals surface area (Å²) in [6.07, 6.45) is 5.15. The zero-order chi connectivity index (χ0) is 10.7. The van der Waals surface area contributed by atoms with Crippen molar-refractivity contribution in [3.05, 3.63) is 52.8 Å². The van der Waals surface area contributed by atoms with Gasteiger partial charge in [-0.2, -0.15) is 0 Å². The maximum Gasteiger partial charge on any atom is 0.136 e. The van der Waals surface area contributed by atoms with Gasteiger partial charge in [-0.3, -0.25) is 0 Å². The third-order valence-corrected chi connectivity index (χ3v) is 2.65. The lowest BCUT2D eigenvalue weighted by atomic mass is 10.1. The molecule has 0 aliphatic rings. The van der Waals surface area contributed by atoms with Crippen molar-refractivity contribution in [3.8, 4) is 5.75 Å². The minimum Gasteiger partial charge on any atom is -0.506 e. The Labute approximate surface area is 93.5 Å². The van der Waals surface area contributed by atoms with Gasteiger partial charge in [0.1, 0.15) is 5.75 Å². The van der Waals surface area contributed by atoms with Crippen LogP contribution in [0.2, 0.25) is 5.02 Å². The standard InChI is InChI=1S/C12H12ClNO/c13-11-5-2-9(3-6-11)1-4-10-7-14-8-12(10)15/h2-3,5-8,14-15H,1,4H2. The molecule has 3 heteroatoms. The molecule has 0 radical (unpaired) electrons. The highest BCUT2D eigenvalue weighted by atomic mass is 35.5. The van der Waals surface area contributed by atoms with Gasteiger partial charge in [0.05, 0.1) is 0 Å². The fourth-order valence-corrected chi connectivity index (χ4v) is 1.64. The molecule has 0 aliphatic carbocycles. The molecule has 0 unspecified atom stereocenters. The van der Waals surface area contributed by atoms with Crippen LogP contribution in [-0.4, -0.2) is 10.1 Å². The molecule has 0 bridgehead atoms. The number of aromatic nitrogens is 1. The number of hydrogen-bond acceptors (Lipinski definition) is 1. The Hall–Kier alpha value is -1.41. The molecule has 15 heavy (non-hydrogen) atoms. The van der Waals surface area contributed by atoms with Crippen LogP contribution < -0.4 is 0 Å². The second-order valence-electron chi connectivity index (χ2n) is 3.49. The van der Waals surface area contributed by atoms with Crippen LogP contribution in [0.5, 0.6) is 5.75 Å². The Balaban J connectivity index is 1.99. The zero-order valence-corrected chi connectivity index (χ0v) is 8.96. The van der Waals surface area contributed by atoms with E-state index in [9.17, 15) is 5.11 Å². The largest absolute Gasteiger partial charge is 0.506 e. The van der Waals surface area contributed by atoms with Crippen molar-refractivity contribution < 1.29 is 5.11 Å². The lowest BCUT2D eigenvalue weighted by Gasteiger charge is -2.00. The Kier molecular flexibility index (Phi) is 2.97. The van der Waals surface area contributed by atoms with Crippen LogP contribution in [0.3, 0.4) is 0 Å². The summed E-state index contributed by atoms with van der Waals surface area (Å²) in [6, 6.07) is 7.78. The quantitative estimate of drug-likeness (QED) is 0.821. The molecule has 1 aromatic carbocycles. The lowest BCUT2D eigenvalue weighted by Crippen LogP contribution is -1.89. The van der Waals surface area contributed by atoms with Crippen molar-refractivity contribution in [2.75, 3.05) is 0 Å². The highest BCUT2D eigenvalue weighted by Crippen LogP contribution is 2.18. The summed E-state index contributed by atoms with van der Waals surface area (Å²) in [5.74, 6) is 0.337. The molecule has 0 atom stereocenters. The van der Waals surface area contributed by atoms with Gasteiger partial charge in [0.2, 0.25) is 0 Å². The predicted octanol–water partition coefficient (Wildman–Crippen LogP) is 3.16. The van der Waals surface area contributed by atoms with Gasteiger partial charge in [0, 0.05) is 23.0 Å². The maximum absolute atomic E-state index is 9.42. The lowest BCUT2D eigenvalue weighted by molar-refractivity contribution is 0.469. The number of aryl methyl sites for hydroxylation is 2. The van der Waals surface area contributed by atoms with Crippen LogP contribution in [0.25, 0.3) is 0 Å². The second-order valence-corrected chi connectivity index (χ2v) is 3.93. The first-order chi connectivity index (χ1) is 7.25. The number of benzene rings is 1. The molecule has 2 nitrogen and oxygen atoms in total. The van der Waals surface area contributed by atoms with Gasteiger partial charge in [-0.1, -0.05) is 23.7 Å². The summed E-state index contributed by atoms with van der Waals surface area (Å²) < 4.78 is 0. The van der Waals surface area contributed by atoms with Crippen molar-refractivity contribution >= 4 is 11.6 Å². The summed E-state index contributed by atoms with van der Waals surface area (Å²) in [5, 5.41) is 10.2. The number of H-pyrrole nitrogens is 1. The van der Waals surface area contributed by atoms with E-state index in [-0.39, 0.29) is 0 Å². The summed E-state index contributed by atoms with van der Waals surface area (Å²) in [4.78, 5) is 2.87. The zero-order valence-electron chi connectivity index (χ0n) is 8.20. The minimum atomic E-state index is 0.337. The van der Waals surface area contributed by atoms with Gasteiger partial charge in [0.15, 0.2) is 0 Å². The van der Waals surface area contributed by atoms with Gasteiger partial charge < -0.3 is 10.1 Å². The molecule has 0 fully saturated rings. The van der Waals surface area contributed by atoms with Crippen LogP contribution in [-0.2, 0) is 12.8 Å². The average Bonchev–Trinajstić information content (AvgIpc) is 2.63. The Bertz CT molecular complexity index is 433. The molecular weight excluding hydrogens is 210 g/mol. The van der Waals surface area contributed by atoms with Crippen molar-refractivity contribution in [3.63, 3.8) is 0 Å². The average molecular weight is 222 g/mol. The number of halogens is 1. The molecule has 0 saturated heterocycles. The van der Waals surface area contributed by atoms with Crippen LogP contribution >= 0.6 is 11.6 Å². The number of nitrogens with one attached hydrogen (secondary N) is 1. The molecule has 1 heterocycles. The number of hydrogen-bond donors (Lipinski definition) is 2. The number of aromatic amines is 1. The normalized spacial score (nSPS) is 10.5. The third kappa shape index (κ3) is 2.54. The molecule has 1 aromatic heterocycles. The van der Waals surface area contributed by atoms with Crippen LogP contribution in [0.1, 0.15) is 11.1 Å². The Morgan fingerprint density at radius 1 is 1.07 bits per heavy atom. The first-order valence-electron chi connectivity index (χ1n) is 4.85. The fourth-order valence-electron chi connectivity index (χ4n) is 1.52. The molecule has 0 spiro atoms. The van der Waals surface area contributed by atoms with E-state index in [1.54, 1.807) is 6.20 Å². The summed E-state index contributed by atoms with van der Waals surface area (Å²) >= 11 is 5.79. The molecule has 0 saturated carbocycles. The SMILES string of the molecule is Oc1c[nH]cc1CCc1ccc(Cl)cc1. The van der Waals surface area contributed by atoms with E-state index in [0.29, 0.717) is 5.75 Å². The number of rotatable bonds is 3. The van der Waals surface area contributed by atoms with E-state index < -0.39 is 0 Å². The van der Waals surface area contributed by atoms with Crippen LogP contribution in [0.4, 0.5) is 0 Å². The van der Waals surface area contributed by atoms with Crippen molar-refractivity contribution in [1.29, 1.82) is 0 Å². The molecule has 78 valence electrons. The topological polar surface area (TPSA) is 36.0 Å². The molecule has 2 N–H and O–H groups in total. The molecule has 0 aliphatic heterocycles. The van der Waals surface area contributed by atoms with Gasteiger partial charge >= 0.3 is 0 Å². The first kappa shape index (κ1) is 10.1. The fraction of sp³-hybridized carbons (Fsp3) is 0.167. The van der Waals surface area contributed by atoms with Crippen molar-refractivity contribution in [1.82, 2.24) is 4.98 Å². The minimum absolute atomic E-state index is 0.337. The van der Waals surface area contributed by atoms with Gasteiger partial charge in [0.25, 0.3) is 0 Å². The van der Waals surface area contributed by atoms with Crippen LogP contribution in [0, 0.1) is 0 Å². The second kappa shape index (κ2) is 4.41. The van der Waals surface area contributed by atoms with Gasteiger partial charge in [-0.15, -0.1) is 0 Å². The summed E-state index contributed by atoms with van der Waals surface area (Å²) in [5.41, 5.74) is 2.17. The van der Waals surface area contributed by atoms with Gasteiger partial charge in [-0.05, 0) is 30.5 Å². The predicted molar refractivity (Wildman–Crippen MR) is 61.3 cm³/mol. The molecular formula is C12H12ClNO. The Morgan fingerprint density at radius 3 is 2.40 bits per heavy atom. The third-order valence-electron chi connectivity index (χ3n) is 2.40. The highest BCUT2D eigenvalue weighted by molar-refractivity contribution is 6.30. The first-order valence-corrected chi connectivity index (χ1v) is 5.22. The number of aromatic hydroxyl groups is 1. The molecule has 2 rings (SSSR count). The monoisotopic (exact) mass is 221 g/mol. The summed E-state index contributed by atoms with van der Waals surface area (Å²) in [6.45, 7) is 0.